The smallest absolute Gasteiger partial charge is 0.306 e. The minimum Gasteiger partial charge on any atom is -0.462 e. The Morgan fingerprint density at radius 3 is 0.827 bits per heavy atom. The maximum absolute atomic E-state index is 12.9. The van der Waals surface area contributed by atoms with Crippen LogP contribution in [0.5, 0.6) is 0 Å². The van der Waals surface area contributed by atoms with Crippen LogP contribution in [0.1, 0.15) is 303 Å². The molecule has 0 saturated carbocycles. The summed E-state index contributed by atoms with van der Waals surface area (Å²) in [5.41, 5.74) is 0. The number of esters is 3. The van der Waals surface area contributed by atoms with Crippen molar-refractivity contribution in [3.05, 3.63) is 134 Å². The fraction of sp³-hybridized carbons (Fsp3) is 0.667. The van der Waals surface area contributed by atoms with Crippen LogP contribution in [0.4, 0.5) is 0 Å². The lowest BCUT2D eigenvalue weighted by atomic mass is 10.0. The number of hydrogen-bond acceptors (Lipinski definition) is 6. The molecule has 0 N–H and O–H groups in total. The molecule has 0 radical (unpaired) electrons. The number of allylic oxidation sites excluding steroid dienone is 22. The third-order valence-electron chi connectivity index (χ3n) is 14.2. The van der Waals surface area contributed by atoms with Gasteiger partial charge < -0.3 is 14.2 Å². The molecular weight excluding hydrogens is 997 g/mol. The van der Waals surface area contributed by atoms with Crippen LogP contribution in [0.15, 0.2) is 134 Å². The SMILES string of the molecule is CC/C=C\C/C=C\C/C=C\C/C=C\C/C=C\C/C=C\C/C=C\CCCCCCCC(=O)OCC(COC(=O)CC/C=C\C/C=C\C/C=C\C/C=C\CC)OC(=O)CCCCCCCCCCCCCCCCCCCCCCCCC. The molecule has 0 bridgehead atoms. The van der Waals surface area contributed by atoms with Gasteiger partial charge in [-0.2, -0.15) is 0 Å². The van der Waals surface area contributed by atoms with Gasteiger partial charge in [0.2, 0.25) is 0 Å². The van der Waals surface area contributed by atoms with Crippen LogP contribution in [0.2, 0.25) is 0 Å². The molecule has 0 heterocycles. The van der Waals surface area contributed by atoms with Crippen LogP contribution in [0, 0.1) is 0 Å². The molecule has 0 aromatic rings. The standard InChI is InChI=1S/C75H124O6/c1-4-7-10-13-16-19-22-25-27-29-31-33-35-36-37-38-40-41-43-45-47-50-53-56-59-62-65-68-74(77)80-71-72(70-79-73(76)67-64-61-58-55-52-49-24-21-18-15-12-9-6-3)81-75(78)69-66-63-60-57-54-51-48-46-44-42-39-34-32-30-28-26-23-20-17-14-11-8-5-2/h7,9-10,12,16,18-19,21,25,27,31,33,36-37,40-41,45,47,49,52,58,61,72H,4-6,8,11,13-15,17,20,22-24,26,28-30,32,34-35,38-39,42-44,46,48,50-51,53-57,59-60,62-71H2,1-3H3/b10-7-,12-9-,19-16-,21-18-,27-25-,33-31-,37-36-,41-40-,47-45-,52-49-,61-58-. The maximum Gasteiger partial charge on any atom is 0.306 e. The lowest BCUT2D eigenvalue weighted by Gasteiger charge is -2.18. The summed E-state index contributed by atoms with van der Waals surface area (Å²) in [7, 11) is 0. The number of rotatable bonds is 60. The second-order valence-corrected chi connectivity index (χ2v) is 22.0. The number of unbranched alkanes of at least 4 members (excludes halogenated alkanes) is 27. The van der Waals surface area contributed by atoms with Crippen molar-refractivity contribution in [3.8, 4) is 0 Å². The molecule has 6 nitrogen and oxygen atoms in total. The lowest BCUT2D eigenvalue weighted by molar-refractivity contribution is -0.166. The summed E-state index contributed by atoms with van der Waals surface area (Å²) >= 11 is 0. The van der Waals surface area contributed by atoms with E-state index in [0.717, 1.165) is 128 Å². The number of ether oxygens (including phenoxy) is 3. The van der Waals surface area contributed by atoms with Gasteiger partial charge in [0, 0.05) is 19.3 Å². The van der Waals surface area contributed by atoms with E-state index in [0.29, 0.717) is 19.3 Å². The van der Waals surface area contributed by atoms with Gasteiger partial charge in [-0.25, -0.2) is 0 Å². The fourth-order valence-electron chi connectivity index (χ4n) is 9.20. The van der Waals surface area contributed by atoms with E-state index in [1.54, 1.807) is 0 Å². The highest BCUT2D eigenvalue weighted by Crippen LogP contribution is 2.17. The quantitative estimate of drug-likeness (QED) is 0.0261. The Morgan fingerprint density at radius 1 is 0.259 bits per heavy atom. The Kier molecular flexibility index (Phi) is 64.3. The summed E-state index contributed by atoms with van der Waals surface area (Å²) in [5.74, 6) is -1.01. The molecule has 0 fully saturated rings. The normalized spacial score (nSPS) is 13.0. The zero-order valence-electron chi connectivity index (χ0n) is 52.8. The second kappa shape index (κ2) is 68.1. The zero-order valence-corrected chi connectivity index (χ0v) is 52.8. The van der Waals surface area contributed by atoms with Crippen molar-refractivity contribution in [1.29, 1.82) is 0 Å². The Balaban J connectivity index is 4.39. The molecule has 0 aliphatic heterocycles. The van der Waals surface area contributed by atoms with Crippen LogP contribution >= 0.6 is 0 Å². The summed E-state index contributed by atoms with van der Waals surface area (Å²) in [6.45, 7) is 6.36. The first-order valence-electron chi connectivity index (χ1n) is 33.7. The van der Waals surface area contributed by atoms with E-state index in [4.69, 9.17) is 14.2 Å². The predicted molar refractivity (Wildman–Crippen MR) is 353 cm³/mol. The monoisotopic (exact) mass is 1120 g/mol. The largest absolute Gasteiger partial charge is 0.462 e. The minimum atomic E-state index is -0.820. The van der Waals surface area contributed by atoms with E-state index >= 15 is 0 Å². The van der Waals surface area contributed by atoms with Crippen molar-refractivity contribution in [2.45, 2.75) is 309 Å². The van der Waals surface area contributed by atoms with Crippen molar-refractivity contribution < 1.29 is 28.6 Å². The Labute approximate surface area is 500 Å². The molecule has 0 aromatic carbocycles. The van der Waals surface area contributed by atoms with Gasteiger partial charge in [0.1, 0.15) is 13.2 Å². The number of hydrogen-bond donors (Lipinski definition) is 0. The van der Waals surface area contributed by atoms with Gasteiger partial charge in [-0.3, -0.25) is 14.4 Å². The van der Waals surface area contributed by atoms with Crippen molar-refractivity contribution in [1.82, 2.24) is 0 Å². The molecule has 1 atom stereocenters. The number of carbonyl (C=O) groups excluding carboxylic acids is 3. The first-order valence-corrected chi connectivity index (χ1v) is 33.7. The predicted octanol–water partition coefficient (Wildman–Crippen LogP) is 23.3. The molecule has 0 spiro atoms. The van der Waals surface area contributed by atoms with Crippen LogP contribution in [-0.4, -0.2) is 37.2 Å². The summed E-state index contributed by atoms with van der Waals surface area (Å²) in [5, 5.41) is 0. The molecule has 6 heteroatoms. The van der Waals surface area contributed by atoms with E-state index in [1.165, 1.54) is 128 Å². The van der Waals surface area contributed by atoms with Crippen LogP contribution < -0.4 is 0 Å². The van der Waals surface area contributed by atoms with Crippen LogP contribution in [-0.2, 0) is 28.6 Å². The summed E-state index contributed by atoms with van der Waals surface area (Å²) < 4.78 is 16.9. The van der Waals surface area contributed by atoms with E-state index in [-0.39, 0.29) is 37.5 Å². The number of carbonyl (C=O) groups is 3. The molecule has 0 aliphatic carbocycles. The van der Waals surface area contributed by atoms with Crippen LogP contribution in [0.3, 0.4) is 0 Å². The van der Waals surface area contributed by atoms with E-state index < -0.39 is 6.10 Å². The van der Waals surface area contributed by atoms with Crippen molar-refractivity contribution >= 4 is 17.9 Å². The molecule has 0 rings (SSSR count). The molecule has 0 amide bonds. The third-order valence-corrected chi connectivity index (χ3v) is 14.2. The second-order valence-electron chi connectivity index (χ2n) is 22.0. The van der Waals surface area contributed by atoms with E-state index in [2.05, 4.69) is 148 Å². The minimum absolute atomic E-state index is 0.112. The molecule has 81 heavy (non-hydrogen) atoms. The van der Waals surface area contributed by atoms with E-state index in [9.17, 15) is 14.4 Å². The molecule has 0 aromatic heterocycles. The maximum atomic E-state index is 12.9. The molecular formula is C75H124O6. The first kappa shape index (κ1) is 76.5. The van der Waals surface area contributed by atoms with Crippen molar-refractivity contribution in [2.75, 3.05) is 13.2 Å². The van der Waals surface area contributed by atoms with Gasteiger partial charge in [-0.05, 0) is 103 Å². The average Bonchev–Trinajstić information content (AvgIpc) is 3.46. The van der Waals surface area contributed by atoms with Gasteiger partial charge in [0.05, 0.1) is 0 Å². The molecule has 0 aliphatic rings. The Hall–Kier alpha value is -4.45. The first-order chi connectivity index (χ1) is 40.0. The van der Waals surface area contributed by atoms with E-state index in [1.807, 2.05) is 6.08 Å². The average molecular weight is 1120 g/mol. The Bertz CT molecular complexity index is 1720. The summed E-state index contributed by atoms with van der Waals surface area (Å²) in [6.07, 6.45) is 96.3. The highest BCUT2D eigenvalue weighted by Gasteiger charge is 2.19. The van der Waals surface area contributed by atoms with Gasteiger partial charge in [-0.15, -0.1) is 0 Å². The highest BCUT2D eigenvalue weighted by molar-refractivity contribution is 5.71. The van der Waals surface area contributed by atoms with Crippen LogP contribution in [0.25, 0.3) is 0 Å². The Morgan fingerprint density at radius 2 is 0.506 bits per heavy atom. The molecule has 460 valence electrons. The summed E-state index contributed by atoms with van der Waals surface area (Å²) in [4.78, 5) is 38.3. The lowest BCUT2D eigenvalue weighted by Crippen LogP contribution is -2.30. The third kappa shape index (κ3) is 66.2. The topological polar surface area (TPSA) is 78.9 Å². The summed E-state index contributed by atoms with van der Waals surface area (Å²) in [6, 6.07) is 0. The molecule has 0 saturated heterocycles. The fourth-order valence-corrected chi connectivity index (χ4v) is 9.20. The molecule has 1 unspecified atom stereocenters. The van der Waals surface area contributed by atoms with Gasteiger partial charge in [-0.1, -0.05) is 315 Å². The van der Waals surface area contributed by atoms with Gasteiger partial charge in [0.25, 0.3) is 0 Å². The highest BCUT2D eigenvalue weighted by atomic mass is 16.6. The van der Waals surface area contributed by atoms with Crippen molar-refractivity contribution in [2.24, 2.45) is 0 Å². The zero-order chi connectivity index (χ0) is 58.5. The van der Waals surface area contributed by atoms with Gasteiger partial charge in [0.15, 0.2) is 6.10 Å². The van der Waals surface area contributed by atoms with Gasteiger partial charge >= 0.3 is 17.9 Å². The van der Waals surface area contributed by atoms with Crippen molar-refractivity contribution in [3.63, 3.8) is 0 Å².